The first kappa shape index (κ1) is 24.2. The number of rotatable bonds is 7. The number of amides is 2. The molecule has 7 nitrogen and oxygen atoms in total. The standard InChI is InChI=1S/C26H34N4O.CH2O2/c31-26(28-17-13-20-11-15-27-16-12-20)29-21-7-5-19(6-8-21)14-18-30-24-9-10-25(30)23-4-2-1-3-22(23)24;2-1-3/h1-4,11-12,15-16,19,21,24-25H,5-10,13-14,17-18H2,(H2,28,29,31);1H,(H,2,3). The van der Waals surface area contributed by atoms with E-state index in [1.165, 1.54) is 44.2 Å². The van der Waals surface area contributed by atoms with Crippen molar-refractivity contribution in [1.82, 2.24) is 20.5 Å². The third kappa shape index (κ3) is 5.95. The van der Waals surface area contributed by atoms with Crippen LogP contribution in [0.1, 0.15) is 73.7 Å². The van der Waals surface area contributed by atoms with Crippen LogP contribution < -0.4 is 10.6 Å². The minimum Gasteiger partial charge on any atom is -0.483 e. The van der Waals surface area contributed by atoms with Crippen LogP contribution in [0.4, 0.5) is 4.79 Å². The summed E-state index contributed by atoms with van der Waals surface area (Å²) in [6.07, 6.45) is 13.1. The number of hydrogen-bond donors (Lipinski definition) is 3. The van der Waals surface area contributed by atoms with Crippen molar-refractivity contribution in [3.05, 3.63) is 65.5 Å². The molecule has 7 heteroatoms. The SMILES string of the molecule is O=C(NCCc1ccncc1)NC1CCC(CCN2C3CCC2c2ccccc23)CC1.O=CO. The number of fused-ring (bicyclic) bond motifs is 5. The van der Waals surface area contributed by atoms with E-state index < -0.39 is 0 Å². The number of urea groups is 1. The van der Waals surface area contributed by atoms with Gasteiger partial charge in [0, 0.05) is 37.1 Å². The minimum atomic E-state index is -0.250. The summed E-state index contributed by atoms with van der Waals surface area (Å²) in [5.74, 6) is 0.802. The zero-order chi connectivity index (χ0) is 23.8. The highest BCUT2D eigenvalue weighted by atomic mass is 16.3. The Labute approximate surface area is 202 Å². The van der Waals surface area contributed by atoms with Crippen molar-refractivity contribution in [1.29, 1.82) is 0 Å². The summed E-state index contributed by atoms with van der Waals surface area (Å²) in [5.41, 5.74) is 4.37. The maximum atomic E-state index is 12.2. The Kier molecular flexibility index (Phi) is 8.52. The van der Waals surface area contributed by atoms with E-state index in [0.29, 0.717) is 24.7 Å². The summed E-state index contributed by atoms with van der Waals surface area (Å²) in [6, 6.07) is 14.7. The van der Waals surface area contributed by atoms with E-state index in [9.17, 15) is 4.79 Å². The van der Waals surface area contributed by atoms with Gasteiger partial charge in [-0.05, 0) is 92.7 Å². The number of nitrogens with one attached hydrogen (secondary N) is 2. The molecule has 3 N–H and O–H groups in total. The lowest BCUT2D eigenvalue weighted by molar-refractivity contribution is -0.122. The van der Waals surface area contributed by atoms with Gasteiger partial charge in [0.2, 0.25) is 0 Å². The van der Waals surface area contributed by atoms with E-state index in [-0.39, 0.29) is 12.5 Å². The third-order valence-corrected chi connectivity index (χ3v) is 7.65. The zero-order valence-electron chi connectivity index (χ0n) is 19.7. The average Bonchev–Trinajstić information content (AvgIpc) is 3.41. The number of nitrogens with zero attached hydrogens (tertiary/aromatic N) is 2. The van der Waals surface area contributed by atoms with Crippen molar-refractivity contribution in [3.63, 3.8) is 0 Å². The van der Waals surface area contributed by atoms with Crippen molar-refractivity contribution in [3.8, 4) is 0 Å². The van der Waals surface area contributed by atoms with Crippen LogP contribution >= 0.6 is 0 Å². The van der Waals surface area contributed by atoms with Gasteiger partial charge < -0.3 is 15.7 Å². The number of carbonyl (C=O) groups is 2. The van der Waals surface area contributed by atoms with Crippen molar-refractivity contribution >= 4 is 12.5 Å². The molecule has 1 aromatic heterocycles. The van der Waals surface area contributed by atoms with Crippen LogP contribution in [-0.2, 0) is 11.2 Å². The molecular weight excluding hydrogens is 428 g/mol. The number of carboxylic acid groups (broad SMARTS) is 1. The van der Waals surface area contributed by atoms with E-state index in [2.05, 4.69) is 44.8 Å². The molecule has 34 heavy (non-hydrogen) atoms. The van der Waals surface area contributed by atoms with Crippen LogP contribution in [0.3, 0.4) is 0 Å². The van der Waals surface area contributed by atoms with Crippen LogP contribution in [0.15, 0.2) is 48.8 Å². The highest BCUT2D eigenvalue weighted by Crippen LogP contribution is 2.53. The summed E-state index contributed by atoms with van der Waals surface area (Å²) in [7, 11) is 0. The van der Waals surface area contributed by atoms with E-state index >= 15 is 0 Å². The monoisotopic (exact) mass is 464 g/mol. The molecule has 0 radical (unpaired) electrons. The second-order valence-corrected chi connectivity index (χ2v) is 9.59. The minimum absolute atomic E-state index is 0.0242. The first-order valence-electron chi connectivity index (χ1n) is 12.5. The van der Waals surface area contributed by atoms with Gasteiger partial charge in [0.05, 0.1) is 0 Å². The van der Waals surface area contributed by atoms with Crippen molar-refractivity contribution in [2.45, 2.75) is 69.5 Å². The Balaban J connectivity index is 0.000000868. The molecule has 1 saturated carbocycles. The summed E-state index contributed by atoms with van der Waals surface area (Å²) in [5, 5.41) is 13.1. The van der Waals surface area contributed by atoms with Gasteiger partial charge in [-0.3, -0.25) is 14.7 Å². The first-order chi connectivity index (χ1) is 16.7. The van der Waals surface area contributed by atoms with Crippen LogP contribution in [0, 0.1) is 5.92 Å². The fourth-order valence-electron chi connectivity index (χ4n) is 6.00. The van der Waals surface area contributed by atoms with Gasteiger partial charge in [0.15, 0.2) is 0 Å². The third-order valence-electron chi connectivity index (χ3n) is 7.65. The van der Waals surface area contributed by atoms with Gasteiger partial charge in [0.1, 0.15) is 0 Å². The Morgan fingerprint density at radius 2 is 1.62 bits per heavy atom. The number of pyridine rings is 1. The van der Waals surface area contributed by atoms with E-state index in [1.807, 2.05) is 12.1 Å². The summed E-state index contributed by atoms with van der Waals surface area (Å²) in [6.45, 7) is 1.63. The fourth-order valence-corrected chi connectivity index (χ4v) is 6.00. The average molecular weight is 465 g/mol. The van der Waals surface area contributed by atoms with Crippen LogP contribution in [0.5, 0.6) is 0 Å². The van der Waals surface area contributed by atoms with E-state index in [0.717, 1.165) is 25.2 Å². The topological polar surface area (TPSA) is 94.6 Å². The fraction of sp³-hybridized carbons (Fsp3) is 0.519. The van der Waals surface area contributed by atoms with Gasteiger partial charge in [0.25, 0.3) is 6.47 Å². The number of carbonyl (C=O) groups excluding carboxylic acids is 1. The predicted octanol–water partition coefficient (Wildman–Crippen LogP) is 4.46. The lowest BCUT2D eigenvalue weighted by atomic mass is 9.84. The quantitative estimate of drug-likeness (QED) is 0.526. The maximum Gasteiger partial charge on any atom is 0.315 e. The Morgan fingerprint density at radius 3 is 2.24 bits per heavy atom. The smallest absolute Gasteiger partial charge is 0.315 e. The second-order valence-electron chi connectivity index (χ2n) is 9.59. The number of benzene rings is 1. The molecule has 3 heterocycles. The van der Waals surface area contributed by atoms with Gasteiger partial charge >= 0.3 is 6.03 Å². The Morgan fingerprint density at radius 1 is 1.00 bits per heavy atom. The molecule has 3 aliphatic rings. The number of hydrogen-bond acceptors (Lipinski definition) is 4. The zero-order valence-corrected chi connectivity index (χ0v) is 19.7. The van der Waals surface area contributed by atoms with E-state index in [4.69, 9.17) is 9.90 Å². The van der Waals surface area contributed by atoms with Gasteiger partial charge in [-0.15, -0.1) is 0 Å². The molecule has 182 valence electrons. The summed E-state index contributed by atoms with van der Waals surface area (Å²) >= 11 is 0. The van der Waals surface area contributed by atoms with Gasteiger partial charge in [-0.2, -0.15) is 0 Å². The molecule has 1 aliphatic carbocycles. The van der Waals surface area contributed by atoms with Crippen molar-refractivity contribution in [2.75, 3.05) is 13.1 Å². The molecule has 2 aromatic rings. The lowest BCUT2D eigenvalue weighted by Crippen LogP contribution is -2.44. The summed E-state index contributed by atoms with van der Waals surface area (Å²) in [4.78, 5) is 27.4. The highest BCUT2D eigenvalue weighted by Gasteiger charge is 2.43. The molecular formula is C27H36N4O3. The molecule has 2 unspecified atom stereocenters. The summed E-state index contributed by atoms with van der Waals surface area (Å²) < 4.78 is 0. The van der Waals surface area contributed by atoms with Crippen LogP contribution in [0.25, 0.3) is 0 Å². The predicted molar refractivity (Wildman–Crippen MR) is 131 cm³/mol. The molecule has 2 fully saturated rings. The lowest BCUT2D eigenvalue weighted by Gasteiger charge is -2.31. The Hall–Kier alpha value is -2.93. The molecule has 2 atom stereocenters. The highest BCUT2D eigenvalue weighted by molar-refractivity contribution is 5.74. The number of aromatic nitrogens is 1. The Bertz CT molecular complexity index is 899. The molecule has 2 aliphatic heterocycles. The first-order valence-corrected chi connectivity index (χ1v) is 12.5. The molecule has 2 amide bonds. The molecule has 5 rings (SSSR count). The second kappa shape index (κ2) is 12.0. The maximum absolute atomic E-state index is 12.2. The molecule has 2 bridgehead atoms. The van der Waals surface area contributed by atoms with Crippen molar-refractivity contribution in [2.24, 2.45) is 5.92 Å². The molecule has 0 spiro atoms. The van der Waals surface area contributed by atoms with Gasteiger partial charge in [-0.25, -0.2) is 4.79 Å². The van der Waals surface area contributed by atoms with Crippen LogP contribution in [-0.4, -0.2) is 46.6 Å². The normalized spacial score (nSPS) is 25.1. The van der Waals surface area contributed by atoms with Crippen LogP contribution in [0.2, 0.25) is 0 Å². The van der Waals surface area contributed by atoms with Gasteiger partial charge in [-0.1, -0.05) is 24.3 Å². The largest absolute Gasteiger partial charge is 0.483 e. The molecule has 1 aromatic carbocycles. The van der Waals surface area contributed by atoms with Crippen molar-refractivity contribution < 1.29 is 14.7 Å². The van der Waals surface area contributed by atoms with E-state index in [1.54, 1.807) is 23.5 Å². The molecule has 1 saturated heterocycles.